The minimum Gasteiger partial charge on any atom is -0.493 e. The van der Waals surface area contributed by atoms with Gasteiger partial charge in [-0.15, -0.1) is 0 Å². The van der Waals surface area contributed by atoms with E-state index >= 15 is 0 Å². The fourth-order valence-corrected chi connectivity index (χ4v) is 4.99. The van der Waals surface area contributed by atoms with E-state index in [9.17, 15) is 4.79 Å². The van der Waals surface area contributed by atoms with Crippen LogP contribution in [0.2, 0.25) is 0 Å². The van der Waals surface area contributed by atoms with Crippen LogP contribution in [0.1, 0.15) is 6.42 Å². The maximum Gasteiger partial charge on any atom is 0.311 e. The third-order valence-corrected chi connectivity index (χ3v) is 6.48. The highest BCUT2D eigenvalue weighted by Crippen LogP contribution is 2.34. The predicted molar refractivity (Wildman–Crippen MR) is 107 cm³/mol. The van der Waals surface area contributed by atoms with E-state index in [1.807, 2.05) is 48.5 Å². The van der Waals surface area contributed by atoms with Crippen LogP contribution in [0.3, 0.4) is 0 Å². The number of benzene rings is 3. The van der Waals surface area contributed by atoms with Crippen molar-refractivity contribution in [3.05, 3.63) is 84.9 Å². The highest BCUT2D eigenvalue weighted by atomic mass is 31.1. The summed E-state index contributed by atoms with van der Waals surface area (Å²) in [6.07, 6.45) is 1.10. The predicted octanol–water partition coefficient (Wildman–Crippen LogP) is 4.12. The molecule has 4 heteroatoms. The van der Waals surface area contributed by atoms with E-state index in [1.165, 1.54) is 10.6 Å². The van der Waals surface area contributed by atoms with Gasteiger partial charge >= 0.3 is 5.97 Å². The van der Waals surface area contributed by atoms with Crippen molar-refractivity contribution in [3.63, 3.8) is 0 Å². The molecule has 0 aliphatic heterocycles. The molecule has 0 saturated heterocycles. The molecule has 3 nitrogen and oxygen atoms in total. The van der Waals surface area contributed by atoms with Gasteiger partial charge in [-0.2, -0.15) is 0 Å². The van der Waals surface area contributed by atoms with Crippen LogP contribution in [0.25, 0.3) is 0 Å². The summed E-state index contributed by atoms with van der Waals surface area (Å²) in [5.74, 6) is 0.784. The lowest BCUT2D eigenvalue weighted by Crippen LogP contribution is -2.17. The lowest BCUT2D eigenvalue weighted by molar-refractivity contribution is -0.134. The Morgan fingerprint density at radius 3 is 1.81 bits per heavy atom. The van der Waals surface area contributed by atoms with Crippen molar-refractivity contribution < 1.29 is 14.3 Å². The minimum absolute atomic E-state index is 0.242. The molecule has 0 aliphatic rings. The van der Waals surface area contributed by atoms with E-state index in [0.717, 1.165) is 6.16 Å². The van der Waals surface area contributed by atoms with Crippen LogP contribution < -0.4 is 20.1 Å². The summed E-state index contributed by atoms with van der Waals surface area (Å²) in [4.78, 5) is 12.4. The lowest BCUT2D eigenvalue weighted by atomic mass is 10.3. The zero-order valence-corrected chi connectivity index (χ0v) is 15.6. The molecule has 0 radical (unpaired) electrons. The van der Waals surface area contributed by atoms with Crippen LogP contribution in [0.5, 0.6) is 11.5 Å². The summed E-state index contributed by atoms with van der Waals surface area (Å²) >= 11 is 0. The molecule has 132 valence electrons. The van der Waals surface area contributed by atoms with Gasteiger partial charge in [0.2, 0.25) is 0 Å². The monoisotopic (exact) mass is 364 g/mol. The molecule has 3 aromatic rings. The second-order valence-electron chi connectivity index (χ2n) is 5.70. The molecule has 0 heterocycles. The Labute approximate surface area is 155 Å². The fourth-order valence-electron chi connectivity index (χ4n) is 2.70. The number of carbonyl (C=O) groups excluding carboxylic acids is 1. The summed E-state index contributed by atoms with van der Waals surface area (Å²) < 4.78 is 10.7. The van der Waals surface area contributed by atoms with Crippen molar-refractivity contribution in [3.8, 4) is 11.5 Å². The van der Waals surface area contributed by atoms with Gasteiger partial charge in [-0.3, -0.25) is 4.79 Å². The average Bonchev–Trinajstić information content (AvgIpc) is 2.70. The molecule has 0 amide bonds. The first-order chi connectivity index (χ1) is 12.8. The first-order valence-electron chi connectivity index (χ1n) is 8.49. The molecule has 0 spiro atoms. The van der Waals surface area contributed by atoms with Gasteiger partial charge in [0.05, 0.1) is 13.5 Å². The molecular weight excluding hydrogens is 343 g/mol. The SMILES string of the molecule is COc1ccccc1OC(=O)CCP(c1ccccc1)c1ccccc1. The molecule has 0 aliphatic carbocycles. The molecule has 0 aromatic heterocycles. The molecule has 0 atom stereocenters. The standard InChI is InChI=1S/C22H21O3P/c1-24-20-14-8-9-15-21(20)25-22(23)16-17-26(18-10-4-2-5-11-18)19-12-6-3-7-13-19/h2-15H,16-17H2,1H3. The Bertz CT molecular complexity index is 795. The van der Waals surface area contributed by atoms with Crippen molar-refractivity contribution in [1.82, 2.24) is 0 Å². The maximum atomic E-state index is 12.4. The van der Waals surface area contributed by atoms with E-state index < -0.39 is 7.92 Å². The van der Waals surface area contributed by atoms with E-state index in [1.54, 1.807) is 19.2 Å². The summed E-state index contributed by atoms with van der Waals surface area (Å²) in [7, 11) is 0.965. The van der Waals surface area contributed by atoms with Crippen LogP contribution in [0.4, 0.5) is 0 Å². The molecule has 0 unspecified atom stereocenters. The quantitative estimate of drug-likeness (QED) is 0.359. The highest BCUT2D eigenvalue weighted by molar-refractivity contribution is 7.73. The third kappa shape index (κ3) is 4.71. The Morgan fingerprint density at radius 1 is 0.769 bits per heavy atom. The van der Waals surface area contributed by atoms with Crippen molar-refractivity contribution in [2.45, 2.75) is 6.42 Å². The number of para-hydroxylation sites is 2. The van der Waals surface area contributed by atoms with Crippen LogP contribution in [-0.4, -0.2) is 19.2 Å². The van der Waals surface area contributed by atoms with Crippen molar-refractivity contribution in [2.24, 2.45) is 0 Å². The Morgan fingerprint density at radius 2 is 1.27 bits per heavy atom. The summed E-state index contributed by atoms with van der Waals surface area (Å²) in [6.45, 7) is 0. The van der Waals surface area contributed by atoms with E-state index in [-0.39, 0.29) is 5.97 Å². The summed E-state index contributed by atoms with van der Waals surface area (Å²) in [5.41, 5.74) is 0. The Kier molecular flexibility index (Phi) is 6.40. The van der Waals surface area contributed by atoms with Gasteiger partial charge in [-0.25, -0.2) is 0 Å². The molecule has 0 fully saturated rings. The summed E-state index contributed by atoms with van der Waals surface area (Å²) in [6, 6.07) is 27.9. The average molecular weight is 364 g/mol. The number of methoxy groups -OCH3 is 1. The third-order valence-electron chi connectivity index (χ3n) is 3.97. The topological polar surface area (TPSA) is 35.5 Å². The molecule has 3 rings (SSSR count). The lowest BCUT2D eigenvalue weighted by Gasteiger charge is -2.18. The molecule has 3 aromatic carbocycles. The second-order valence-corrected chi connectivity index (χ2v) is 8.03. The van der Waals surface area contributed by atoms with Gasteiger partial charge in [-0.05, 0) is 36.8 Å². The fraction of sp³-hybridized carbons (Fsp3) is 0.136. The zero-order valence-electron chi connectivity index (χ0n) is 14.7. The van der Waals surface area contributed by atoms with Crippen LogP contribution in [0, 0.1) is 0 Å². The minimum atomic E-state index is -0.601. The Hall–Kier alpha value is -2.64. The number of hydrogen-bond donors (Lipinski definition) is 0. The number of ether oxygens (including phenoxy) is 2. The first-order valence-corrected chi connectivity index (χ1v) is 10.0. The van der Waals surface area contributed by atoms with Gasteiger partial charge in [-0.1, -0.05) is 72.8 Å². The first kappa shape index (κ1) is 18.2. The smallest absolute Gasteiger partial charge is 0.311 e. The van der Waals surface area contributed by atoms with Crippen molar-refractivity contribution in [1.29, 1.82) is 0 Å². The molecule has 0 N–H and O–H groups in total. The number of esters is 1. The van der Waals surface area contributed by atoms with Gasteiger partial charge in [0.15, 0.2) is 11.5 Å². The largest absolute Gasteiger partial charge is 0.493 e. The van der Waals surface area contributed by atoms with Crippen LogP contribution in [0.15, 0.2) is 84.9 Å². The van der Waals surface area contributed by atoms with E-state index in [2.05, 4.69) is 24.3 Å². The number of carbonyl (C=O) groups is 1. The van der Waals surface area contributed by atoms with Gasteiger partial charge in [0.25, 0.3) is 0 Å². The molecule has 0 bridgehead atoms. The van der Waals surface area contributed by atoms with Crippen LogP contribution in [-0.2, 0) is 4.79 Å². The van der Waals surface area contributed by atoms with Gasteiger partial charge in [0.1, 0.15) is 0 Å². The maximum absolute atomic E-state index is 12.4. The van der Waals surface area contributed by atoms with Crippen molar-refractivity contribution in [2.75, 3.05) is 13.3 Å². The molecule has 0 saturated carbocycles. The van der Waals surface area contributed by atoms with Crippen LogP contribution >= 0.6 is 7.92 Å². The van der Waals surface area contributed by atoms with Gasteiger partial charge < -0.3 is 9.47 Å². The second kappa shape index (κ2) is 9.17. The summed E-state index contributed by atoms with van der Waals surface area (Å²) in [5, 5.41) is 2.53. The molecule has 26 heavy (non-hydrogen) atoms. The number of hydrogen-bond acceptors (Lipinski definition) is 3. The highest BCUT2D eigenvalue weighted by Gasteiger charge is 2.17. The van der Waals surface area contributed by atoms with Crippen molar-refractivity contribution >= 4 is 24.5 Å². The Balaban J connectivity index is 1.71. The normalized spacial score (nSPS) is 10.5. The van der Waals surface area contributed by atoms with E-state index in [4.69, 9.17) is 9.47 Å². The van der Waals surface area contributed by atoms with Gasteiger partial charge in [0, 0.05) is 0 Å². The van der Waals surface area contributed by atoms with E-state index in [0.29, 0.717) is 17.9 Å². The molecular formula is C22H21O3P. The zero-order chi connectivity index (χ0) is 18.2. The number of rotatable bonds is 7.